The monoisotopic (exact) mass is 562 g/mol. The molecule has 0 bridgehead atoms. The average molecular weight is 564 g/mol. The van der Waals surface area contributed by atoms with Crippen LogP contribution in [0.4, 0.5) is 5.69 Å². The summed E-state index contributed by atoms with van der Waals surface area (Å²) in [4.78, 5) is 13.6. The van der Waals surface area contributed by atoms with Gasteiger partial charge in [-0.25, -0.2) is 8.42 Å². The van der Waals surface area contributed by atoms with Crippen LogP contribution >= 0.6 is 15.9 Å². The van der Waals surface area contributed by atoms with Crippen LogP contribution < -0.4 is 9.62 Å². The first-order valence-electron chi connectivity index (χ1n) is 11.5. The van der Waals surface area contributed by atoms with Crippen molar-refractivity contribution in [3.8, 4) is 0 Å². The molecule has 1 atom stereocenters. The number of nitrogens with zero attached hydrogens (tertiary/aromatic N) is 1. The van der Waals surface area contributed by atoms with Crippen molar-refractivity contribution in [2.75, 3.05) is 10.8 Å². The molecule has 1 N–H and O–H groups in total. The van der Waals surface area contributed by atoms with Crippen LogP contribution in [-0.4, -0.2) is 20.9 Å². The maximum absolute atomic E-state index is 13.7. The summed E-state index contributed by atoms with van der Waals surface area (Å²) in [6, 6.07) is 30.7. The van der Waals surface area contributed by atoms with Gasteiger partial charge in [-0.15, -0.1) is 0 Å². The number of hydrogen-bond acceptors (Lipinski definition) is 3. The molecule has 0 saturated carbocycles. The normalized spacial score (nSPS) is 12.1. The van der Waals surface area contributed by atoms with Crippen molar-refractivity contribution in [3.05, 3.63) is 130 Å². The summed E-state index contributed by atoms with van der Waals surface area (Å²) in [5.74, 6) is -0.417. The molecular formula is C29H27BrN2O3S. The summed E-state index contributed by atoms with van der Waals surface area (Å²) < 4.78 is 29.2. The molecule has 0 fully saturated rings. The Hall–Kier alpha value is -3.42. The van der Waals surface area contributed by atoms with Crippen molar-refractivity contribution in [2.24, 2.45) is 0 Å². The second-order valence-corrected chi connectivity index (χ2v) is 11.4. The molecular weight excluding hydrogens is 536 g/mol. The van der Waals surface area contributed by atoms with Gasteiger partial charge in [0.05, 0.1) is 16.6 Å². The molecule has 36 heavy (non-hydrogen) atoms. The fourth-order valence-electron chi connectivity index (χ4n) is 3.88. The van der Waals surface area contributed by atoms with Crippen molar-refractivity contribution >= 4 is 37.5 Å². The van der Waals surface area contributed by atoms with E-state index < -0.39 is 22.0 Å². The molecule has 4 rings (SSSR count). The summed E-state index contributed by atoms with van der Waals surface area (Å²) in [5, 5.41) is 3.06. The summed E-state index contributed by atoms with van der Waals surface area (Å²) >= 11 is 3.41. The first-order valence-corrected chi connectivity index (χ1v) is 13.7. The highest BCUT2D eigenvalue weighted by molar-refractivity contribution is 9.10. The SMILES string of the molecule is Cc1ccc([C@@H](NC(=O)CN(c2cccc(Br)c2)S(=O)(=O)c2ccc(C)cc2)c2ccccc2)cc1. The lowest BCUT2D eigenvalue weighted by Gasteiger charge is -2.26. The minimum atomic E-state index is -4.00. The zero-order valence-corrected chi connectivity index (χ0v) is 22.5. The van der Waals surface area contributed by atoms with Crippen molar-refractivity contribution in [2.45, 2.75) is 24.8 Å². The van der Waals surface area contributed by atoms with Crippen molar-refractivity contribution in [3.63, 3.8) is 0 Å². The molecule has 1 amide bonds. The lowest BCUT2D eigenvalue weighted by atomic mass is 9.98. The van der Waals surface area contributed by atoms with E-state index in [0.29, 0.717) is 10.2 Å². The number of hydrogen-bond donors (Lipinski definition) is 1. The third-order valence-corrected chi connectivity index (χ3v) is 8.12. The van der Waals surface area contributed by atoms with Gasteiger partial charge in [-0.2, -0.15) is 0 Å². The Bertz CT molecular complexity index is 1440. The third kappa shape index (κ3) is 6.04. The number of benzene rings is 4. The number of aryl methyl sites for hydroxylation is 2. The van der Waals surface area contributed by atoms with Gasteiger partial charge in [0.2, 0.25) is 5.91 Å². The van der Waals surface area contributed by atoms with Crippen LogP contribution in [-0.2, 0) is 14.8 Å². The smallest absolute Gasteiger partial charge is 0.264 e. The van der Waals surface area contributed by atoms with Gasteiger partial charge in [-0.05, 0) is 55.3 Å². The second-order valence-electron chi connectivity index (χ2n) is 8.63. The van der Waals surface area contributed by atoms with Gasteiger partial charge >= 0.3 is 0 Å². The Morgan fingerprint density at radius 2 is 1.39 bits per heavy atom. The highest BCUT2D eigenvalue weighted by atomic mass is 79.9. The highest BCUT2D eigenvalue weighted by Gasteiger charge is 2.28. The van der Waals surface area contributed by atoms with E-state index in [1.807, 2.05) is 74.5 Å². The lowest BCUT2D eigenvalue weighted by molar-refractivity contribution is -0.120. The first-order chi connectivity index (χ1) is 17.2. The maximum atomic E-state index is 13.7. The quantitative estimate of drug-likeness (QED) is 0.279. The number of halogens is 1. The molecule has 4 aromatic rings. The van der Waals surface area contributed by atoms with E-state index >= 15 is 0 Å². The second kappa shape index (κ2) is 11.1. The summed E-state index contributed by atoms with van der Waals surface area (Å²) in [6.45, 7) is 3.53. The standard InChI is InChI=1S/C29H27BrN2O3S/c1-21-11-15-24(16-12-21)29(23-7-4-3-5-8-23)31-28(33)20-32(26-10-6-9-25(30)19-26)36(34,35)27-17-13-22(2)14-18-27/h3-19,29H,20H2,1-2H3,(H,31,33)/t29-/m0/s1. The molecule has 0 saturated heterocycles. The van der Waals surface area contributed by atoms with Crippen molar-refractivity contribution in [1.29, 1.82) is 0 Å². The van der Waals surface area contributed by atoms with E-state index in [1.165, 1.54) is 0 Å². The van der Waals surface area contributed by atoms with E-state index in [4.69, 9.17) is 0 Å². The number of amides is 1. The van der Waals surface area contributed by atoms with Gasteiger partial charge in [-0.3, -0.25) is 9.10 Å². The Labute approximate surface area is 221 Å². The molecule has 0 aliphatic heterocycles. The van der Waals surface area contributed by atoms with Crippen LogP contribution in [0.25, 0.3) is 0 Å². The topological polar surface area (TPSA) is 66.5 Å². The molecule has 0 aromatic heterocycles. The van der Waals surface area contributed by atoms with Crippen molar-refractivity contribution < 1.29 is 13.2 Å². The molecule has 184 valence electrons. The molecule has 4 aromatic carbocycles. The van der Waals surface area contributed by atoms with E-state index in [2.05, 4.69) is 21.2 Å². The Morgan fingerprint density at radius 3 is 2.00 bits per heavy atom. The Morgan fingerprint density at radius 1 is 0.806 bits per heavy atom. The van der Waals surface area contributed by atoms with Gasteiger partial charge in [0.25, 0.3) is 10.0 Å². The molecule has 0 aliphatic rings. The van der Waals surface area contributed by atoms with Gasteiger partial charge in [0, 0.05) is 4.47 Å². The van der Waals surface area contributed by atoms with E-state index in [-0.39, 0.29) is 11.4 Å². The fourth-order valence-corrected chi connectivity index (χ4v) is 5.68. The molecule has 0 aliphatic carbocycles. The molecule has 0 unspecified atom stereocenters. The van der Waals surface area contributed by atoms with Gasteiger partial charge in [0.15, 0.2) is 0 Å². The molecule has 0 spiro atoms. The molecule has 7 heteroatoms. The van der Waals surface area contributed by atoms with Gasteiger partial charge < -0.3 is 5.32 Å². The molecule has 5 nitrogen and oxygen atoms in total. The average Bonchev–Trinajstić information content (AvgIpc) is 2.87. The predicted molar refractivity (Wildman–Crippen MR) is 147 cm³/mol. The minimum Gasteiger partial charge on any atom is -0.344 e. The Kier molecular flexibility index (Phi) is 7.91. The number of sulfonamides is 1. The van der Waals surface area contributed by atoms with Gasteiger partial charge in [-0.1, -0.05) is 99.9 Å². The molecule has 0 heterocycles. The summed E-state index contributed by atoms with van der Waals surface area (Å²) in [6.07, 6.45) is 0. The number of carbonyl (C=O) groups excluding carboxylic acids is 1. The van der Waals surface area contributed by atoms with E-state index in [9.17, 15) is 13.2 Å². The fraction of sp³-hybridized carbons (Fsp3) is 0.138. The number of carbonyl (C=O) groups is 1. The van der Waals surface area contributed by atoms with Gasteiger partial charge in [0.1, 0.15) is 6.54 Å². The molecule has 0 radical (unpaired) electrons. The van der Waals surface area contributed by atoms with E-state index in [0.717, 1.165) is 26.6 Å². The zero-order chi connectivity index (χ0) is 25.7. The summed E-state index contributed by atoms with van der Waals surface area (Å²) in [7, 11) is -4.00. The highest BCUT2D eigenvalue weighted by Crippen LogP contribution is 2.27. The first kappa shape index (κ1) is 25.7. The number of nitrogens with one attached hydrogen (secondary N) is 1. The number of rotatable bonds is 8. The zero-order valence-electron chi connectivity index (χ0n) is 20.1. The maximum Gasteiger partial charge on any atom is 0.264 e. The van der Waals surface area contributed by atoms with E-state index in [1.54, 1.807) is 42.5 Å². The predicted octanol–water partition coefficient (Wildman–Crippen LogP) is 6.17. The Balaban J connectivity index is 1.68. The largest absolute Gasteiger partial charge is 0.344 e. The minimum absolute atomic E-state index is 0.124. The number of anilines is 1. The van der Waals surface area contributed by atoms with Crippen molar-refractivity contribution in [1.82, 2.24) is 5.32 Å². The third-order valence-electron chi connectivity index (χ3n) is 5.84. The van der Waals surface area contributed by atoms with Crippen LogP contribution in [0.15, 0.2) is 112 Å². The van der Waals surface area contributed by atoms with Crippen LogP contribution in [0.2, 0.25) is 0 Å². The van der Waals surface area contributed by atoms with Crippen LogP contribution in [0.1, 0.15) is 28.3 Å². The van der Waals surface area contributed by atoms with Crippen LogP contribution in [0.3, 0.4) is 0 Å². The summed E-state index contributed by atoms with van der Waals surface area (Å²) in [5.41, 5.74) is 4.28. The van der Waals surface area contributed by atoms with Crippen LogP contribution in [0, 0.1) is 13.8 Å². The van der Waals surface area contributed by atoms with Crippen LogP contribution in [0.5, 0.6) is 0 Å². The lowest BCUT2D eigenvalue weighted by Crippen LogP contribution is -2.42.